The first kappa shape index (κ1) is 19.7. The topological polar surface area (TPSA) is 82.2 Å². The van der Waals surface area contributed by atoms with Gasteiger partial charge in [0.05, 0.1) is 35.0 Å². The van der Waals surface area contributed by atoms with E-state index >= 15 is 0 Å². The molecule has 3 aliphatic rings. The summed E-state index contributed by atoms with van der Waals surface area (Å²) in [5, 5.41) is 18.6. The zero-order chi connectivity index (χ0) is 21.7. The maximum Gasteiger partial charge on any atom is 0.101 e. The number of hydrogen-bond donors (Lipinski definition) is 1. The fraction of sp³-hybridized carbons (Fsp3) is 0.458. The second-order valence-electron chi connectivity index (χ2n) is 9.17. The highest BCUT2D eigenvalue weighted by molar-refractivity contribution is 5.95. The molecule has 8 nitrogen and oxygen atoms in total. The van der Waals surface area contributed by atoms with E-state index in [0.29, 0.717) is 11.6 Å². The molecule has 2 aromatic heterocycles. The molecule has 6 rings (SSSR count). The maximum absolute atomic E-state index is 9.45. The minimum Gasteiger partial charge on any atom is -0.370 e. The summed E-state index contributed by atoms with van der Waals surface area (Å²) >= 11 is 0. The highest BCUT2D eigenvalue weighted by Gasteiger charge is 2.34. The normalized spacial score (nSPS) is 23.8. The molecule has 0 bridgehead atoms. The van der Waals surface area contributed by atoms with E-state index in [4.69, 9.17) is 9.84 Å². The van der Waals surface area contributed by atoms with Gasteiger partial charge in [-0.3, -0.25) is 14.6 Å². The van der Waals surface area contributed by atoms with Crippen molar-refractivity contribution in [2.24, 2.45) is 0 Å². The van der Waals surface area contributed by atoms with Crippen molar-refractivity contribution >= 4 is 16.6 Å². The molecule has 0 spiro atoms. The number of fused-ring (bicyclic) bond motifs is 2. The van der Waals surface area contributed by atoms with E-state index in [1.165, 1.54) is 11.3 Å². The van der Waals surface area contributed by atoms with Crippen LogP contribution in [0.3, 0.4) is 0 Å². The molecule has 0 radical (unpaired) electrons. The summed E-state index contributed by atoms with van der Waals surface area (Å²) < 4.78 is 8.47. The quantitative estimate of drug-likeness (QED) is 0.680. The Labute approximate surface area is 187 Å². The smallest absolute Gasteiger partial charge is 0.101 e. The van der Waals surface area contributed by atoms with Crippen LogP contribution in [0.1, 0.15) is 29.8 Å². The summed E-state index contributed by atoms with van der Waals surface area (Å²) in [6.45, 7) is 8.60. The van der Waals surface area contributed by atoms with Crippen molar-refractivity contribution in [1.82, 2.24) is 25.0 Å². The first-order chi connectivity index (χ1) is 15.7. The Morgan fingerprint density at radius 2 is 2.09 bits per heavy atom. The third-order valence-corrected chi connectivity index (χ3v) is 6.81. The van der Waals surface area contributed by atoms with Gasteiger partial charge in [-0.2, -0.15) is 10.4 Å². The number of nitrogens with zero attached hydrogens (tertiary/aromatic N) is 6. The molecular weight excluding hydrogens is 402 g/mol. The van der Waals surface area contributed by atoms with E-state index < -0.39 is 0 Å². The van der Waals surface area contributed by atoms with E-state index in [9.17, 15) is 5.26 Å². The summed E-state index contributed by atoms with van der Waals surface area (Å²) in [4.78, 5) is 9.33. The fourth-order valence-electron chi connectivity index (χ4n) is 5.28. The van der Waals surface area contributed by atoms with Crippen molar-refractivity contribution in [3.63, 3.8) is 0 Å². The van der Waals surface area contributed by atoms with Crippen molar-refractivity contribution < 1.29 is 4.74 Å². The molecule has 3 aliphatic heterocycles. The molecule has 2 fully saturated rings. The number of morpholine rings is 1. The van der Waals surface area contributed by atoms with E-state index in [0.717, 1.165) is 62.4 Å². The van der Waals surface area contributed by atoms with Gasteiger partial charge in [-0.05, 0) is 31.2 Å². The zero-order valence-corrected chi connectivity index (χ0v) is 18.2. The van der Waals surface area contributed by atoms with Crippen LogP contribution in [0.5, 0.6) is 0 Å². The number of aromatic nitrogens is 3. The minimum absolute atomic E-state index is 0.147. The van der Waals surface area contributed by atoms with Crippen LogP contribution in [-0.2, 0) is 17.8 Å². The van der Waals surface area contributed by atoms with Crippen LogP contribution >= 0.6 is 0 Å². The van der Waals surface area contributed by atoms with Gasteiger partial charge in [-0.25, -0.2) is 0 Å². The lowest BCUT2D eigenvalue weighted by Gasteiger charge is -2.44. The van der Waals surface area contributed by atoms with Crippen LogP contribution in [0.15, 0.2) is 36.7 Å². The number of likely N-dealkylation sites (tertiary alicyclic amines) is 1. The highest BCUT2D eigenvalue weighted by Crippen LogP contribution is 2.31. The van der Waals surface area contributed by atoms with Crippen LogP contribution in [0.4, 0.5) is 5.69 Å². The van der Waals surface area contributed by atoms with Crippen LogP contribution in [0.25, 0.3) is 10.9 Å². The summed E-state index contributed by atoms with van der Waals surface area (Å²) in [5.41, 5.74) is 5.07. The molecule has 2 atom stereocenters. The van der Waals surface area contributed by atoms with Crippen LogP contribution in [0, 0.1) is 11.3 Å². The van der Waals surface area contributed by atoms with Crippen molar-refractivity contribution in [1.29, 1.82) is 5.26 Å². The van der Waals surface area contributed by atoms with E-state index in [2.05, 4.69) is 56.1 Å². The molecule has 164 valence electrons. The fourth-order valence-corrected chi connectivity index (χ4v) is 5.28. The van der Waals surface area contributed by atoms with Crippen molar-refractivity contribution in [2.75, 3.05) is 37.6 Å². The molecular formula is C24H27N7O. The molecule has 1 aromatic carbocycles. The summed E-state index contributed by atoms with van der Waals surface area (Å²) in [7, 11) is 0. The molecule has 0 saturated carbocycles. The molecule has 2 saturated heterocycles. The summed E-state index contributed by atoms with van der Waals surface area (Å²) in [6.07, 6.45) is 4.26. The maximum atomic E-state index is 9.45. The van der Waals surface area contributed by atoms with Gasteiger partial charge in [0.25, 0.3) is 0 Å². The van der Waals surface area contributed by atoms with Gasteiger partial charge in [0.2, 0.25) is 0 Å². The largest absolute Gasteiger partial charge is 0.370 e. The van der Waals surface area contributed by atoms with Gasteiger partial charge in [-0.15, -0.1) is 0 Å². The molecule has 0 amide bonds. The van der Waals surface area contributed by atoms with Gasteiger partial charge in [0.1, 0.15) is 6.07 Å². The minimum atomic E-state index is 0.147. The van der Waals surface area contributed by atoms with Gasteiger partial charge in [0, 0.05) is 74.8 Å². The third kappa shape index (κ3) is 3.43. The number of hydrogen-bond acceptors (Lipinski definition) is 7. The lowest BCUT2D eigenvalue weighted by atomic mass is 10.0. The van der Waals surface area contributed by atoms with Gasteiger partial charge < -0.3 is 15.0 Å². The Morgan fingerprint density at radius 1 is 1.19 bits per heavy atom. The van der Waals surface area contributed by atoms with E-state index in [1.807, 2.05) is 12.1 Å². The van der Waals surface area contributed by atoms with Crippen LogP contribution in [-0.4, -0.2) is 64.6 Å². The van der Waals surface area contributed by atoms with Gasteiger partial charge in [0.15, 0.2) is 0 Å². The SMILES string of the molecule is CC1CN(c2ccc(C#N)c3ncccc23)CC(CN2CC(n3cc4c(n3)CNC4)C2)O1. The second-order valence-corrected chi connectivity index (χ2v) is 9.17. The Balaban J connectivity index is 1.14. The number of ether oxygens (including phenoxy) is 1. The van der Waals surface area contributed by atoms with E-state index in [-0.39, 0.29) is 12.2 Å². The number of nitriles is 1. The number of rotatable bonds is 4. The monoisotopic (exact) mass is 429 g/mol. The first-order valence-corrected chi connectivity index (χ1v) is 11.4. The molecule has 2 unspecified atom stereocenters. The van der Waals surface area contributed by atoms with E-state index in [1.54, 1.807) is 6.20 Å². The Morgan fingerprint density at radius 3 is 2.94 bits per heavy atom. The number of benzene rings is 1. The third-order valence-electron chi connectivity index (χ3n) is 6.81. The Hall–Kier alpha value is -2.99. The average Bonchev–Trinajstić information content (AvgIpc) is 3.37. The number of anilines is 1. The lowest BCUT2D eigenvalue weighted by Crippen LogP contribution is -2.56. The second kappa shape index (κ2) is 7.85. The summed E-state index contributed by atoms with van der Waals surface area (Å²) in [5.74, 6) is 0. The van der Waals surface area contributed by atoms with Gasteiger partial charge in [-0.1, -0.05) is 0 Å². The molecule has 5 heterocycles. The zero-order valence-electron chi connectivity index (χ0n) is 18.2. The average molecular weight is 430 g/mol. The van der Waals surface area contributed by atoms with Crippen molar-refractivity contribution in [2.45, 2.75) is 38.3 Å². The first-order valence-electron chi connectivity index (χ1n) is 11.4. The highest BCUT2D eigenvalue weighted by atomic mass is 16.5. The molecule has 32 heavy (non-hydrogen) atoms. The Bertz CT molecular complexity index is 1170. The molecule has 0 aliphatic carbocycles. The summed E-state index contributed by atoms with van der Waals surface area (Å²) in [6, 6.07) is 10.7. The molecule has 8 heteroatoms. The van der Waals surface area contributed by atoms with Crippen LogP contribution in [0.2, 0.25) is 0 Å². The predicted molar refractivity (Wildman–Crippen MR) is 121 cm³/mol. The lowest BCUT2D eigenvalue weighted by molar-refractivity contribution is -0.0489. The van der Waals surface area contributed by atoms with Crippen molar-refractivity contribution in [3.05, 3.63) is 53.5 Å². The predicted octanol–water partition coefficient (Wildman–Crippen LogP) is 2.06. The standard InChI is InChI=1S/C24H27N7O/c1-16-10-30(23-5-4-17(7-25)24-21(23)3-2-6-27-24)15-20(32-16)14-29-12-19(13-29)31-11-18-8-26-9-22(18)28-31/h2-6,11,16,19-20,26H,8-10,12-15H2,1H3. The molecule has 3 aromatic rings. The van der Waals surface area contributed by atoms with Crippen molar-refractivity contribution in [3.8, 4) is 6.07 Å². The van der Waals surface area contributed by atoms with Gasteiger partial charge >= 0.3 is 0 Å². The van der Waals surface area contributed by atoms with Crippen LogP contribution < -0.4 is 10.2 Å². The Kier molecular flexibility index (Phi) is 4.83. The number of nitrogens with one attached hydrogen (secondary N) is 1. The molecule has 1 N–H and O–H groups in total. The number of pyridine rings is 1.